The lowest BCUT2D eigenvalue weighted by molar-refractivity contribution is -0.145. The van der Waals surface area contributed by atoms with Crippen molar-refractivity contribution in [3.63, 3.8) is 0 Å². The number of fused-ring (bicyclic) bond motifs is 1. The highest BCUT2D eigenvalue weighted by molar-refractivity contribution is 7.99. The first kappa shape index (κ1) is 17.7. The van der Waals surface area contributed by atoms with Crippen LogP contribution in [0.25, 0.3) is 21.3 Å². The fraction of sp³-hybridized carbons (Fsp3) is 0.278. The molecule has 0 radical (unpaired) electrons. The topological polar surface area (TPSA) is 83.0 Å². The smallest absolute Gasteiger partial charge is 0.309 e. The van der Waals surface area contributed by atoms with Crippen LogP contribution < -0.4 is 5.56 Å². The molecule has 0 spiro atoms. The number of hydrogen-bond acceptors (Lipinski definition) is 5. The van der Waals surface area contributed by atoms with Crippen LogP contribution >= 0.6 is 23.1 Å². The Morgan fingerprint density at radius 1 is 1.32 bits per heavy atom. The zero-order chi connectivity index (χ0) is 18.2. The maximum absolute atomic E-state index is 12.6. The van der Waals surface area contributed by atoms with Gasteiger partial charge in [-0.1, -0.05) is 41.6 Å². The molecule has 3 aromatic rings. The lowest BCUT2D eigenvalue weighted by Gasteiger charge is -2.17. The maximum Gasteiger partial charge on any atom is 0.309 e. The van der Waals surface area contributed by atoms with Crippen LogP contribution in [0, 0.1) is 12.3 Å². The summed E-state index contributed by atoms with van der Waals surface area (Å²) in [4.78, 5) is 31.7. The summed E-state index contributed by atoms with van der Waals surface area (Å²) in [6, 6.07) is 8.01. The second-order valence-electron chi connectivity index (χ2n) is 6.54. The zero-order valence-electron chi connectivity index (χ0n) is 14.1. The van der Waals surface area contributed by atoms with Crippen LogP contribution in [-0.4, -0.2) is 26.8 Å². The second kappa shape index (κ2) is 6.65. The SMILES string of the molecule is Cc1ccc(-c2csc3nc(SCC(C)(C)C(=O)O)[nH]c(=O)c23)cc1. The third-order valence-corrected chi connectivity index (χ3v) is 6.14. The monoisotopic (exact) mass is 374 g/mol. The molecule has 0 unspecified atom stereocenters. The second-order valence-corrected chi connectivity index (χ2v) is 8.37. The molecule has 0 atom stereocenters. The normalized spacial score (nSPS) is 11.8. The van der Waals surface area contributed by atoms with Crippen LogP contribution in [0.1, 0.15) is 19.4 Å². The van der Waals surface area contributed by atoms with E-state index in [-0.39, 0.29) is 5.56 Å². The Bertz CT molecular complexity index is 988. The van der Waals surface area contributed by atoms with Gasteiger partial charge >= 0.3 is 5.97 Å². The van der Waals surface area contributed by atoms with E-state index in [0.717, 1.165) is 16.7 Å². The summed E-state index contributed by atoms with van der Waals surface area (Å²) in [5, 5.41) is 12.2. The number of aromatic nitrogens is 2. The lowest BCUT2D eigenvalue weighted by atomic mass is 9.97. The number of nitrogens with one attached hydrogen (secondary N) is 1. The Morgan fingerprint density at radius 3 is 2.64 bits per heavy atom. The minimum atomic E-state index is -0.888. The van der Waals surface area contributed by atoms with Gasteiger partial charge in [0.05, 0.1) is 10.8 Å². The fourth-order valence-electron chi connectivity index (χ4n) is 2.25. The van der Waals surface area contributed by atoms with E-state index in [2.05, 4.69) is 9.97 Å². The minimum absolute atomic E-state index is 0.197. The molecule has 0 aliphatic heterocycles. The van der Waals surface area contributed by atoms with E-state index in [4.69, 9.17) is 0 Å². The number of aliphatic carboxylic acids is 1. The summed E-state index contributed by atoms with van der Waals surface area (Å²) in [5.74, 6) is -0.548. The van der Waals surface area contributed by atoms with Gasteiger partial charge in [-0.05, 0) is 26.3 Å². The molecule has 7 heteroatoms. The molecule has 2 heterocycles. The summed E-state index contributed by atoms with van der Waals surface area (Å²) in [6.45, 7) is 5.32. The molecular formula is C18H18N2O3S2. The van der Waals surface area contributed by atoms with Crippen molar-refractivity contribution < 1.29 is 9.90 Å². The van der Waals surface area contributed by atoms with E-state index in [1.807, 2.05) is 36.6 Å². The first-order valence-electron chi connectivity index (χ1n) is 7.73. The molecule has 2 N–H and O–H groups in total. The number of benzene rings is 1. The number of thioether (sulfide) groups is 1. The van der Waals surface area contributed by atoms with Crippen LogP contribution in [0.5, 0.6) is 0 Å². The number of nitrogens with zero attached hydrogens (tertiary/aromatic N) is 1. The summed E-state index contributed by atoms with van der Waals surface area (Å²) < 4.78 is 0. The van der Waals surface area contributed by atoms with Crippen molar-refractivity contribution in [1.82, 2.24) is 9.97 Å². The van der Waals surface area contributed by atoms with E-state index < -0.39 is 11.4 Å². The van der Waals surface area contributed by atoms with Crippen LogP contribution in [0.4, 0.5) is 0 Å². The Labute approximate surface area is 153 Å². The Morgan fingerprint density at radius 2 is 2.00 bits per heavy atom. The summed E-state index contributed by atoms with van der Waals surface area (Å²) >= 11 is 2.67. The molecule has 5 nitrogen and oxygen atoms in total. The van der Waals surface area contributed by atoms with Gasteiger partial charge in [0.15, 0.2) is 5.16 Å². The number of aryl methyl sites for hydroxylation is 1. The van der Waals surface area contributed by atoms with Crippen LogP contribution in [-0.2, 0) is 4.79 Å². The van der Waals surface area contributed by atoms with E-state index >= 15 is 0 Å². The Kier molecular flexibility index (Phi) is 4.71. The van der Waals surface area contributed by atoms with Crippen molar-refractivity contribution in [3.8, 4) is 11.1 Å². The van der Waals surface area contributed by atoms with Crippen molar-refractivity contribution in [2.24, 2.45) is 5.41 Å². The van der Waals surface area contributed by atoms with Gasteiger partial charge < -0.3 is 10.1 Å². The number of carboxylic acid groups (broad SMARTS) is 1. The van der Waals surface area contributed by atoms with Crippen molar-refractivity contribution >= 4 is 39.3 Å². The third kappa shape index (κ3) is 3.62. The summed E-state index contributed by atoms with van der Waals surface area (Å²) in [6.07, 6.45) is 0. The molecule has 0 bridgehead atoms. The van der Waals surface area contributed by atoms with E-state index in [9.17, 15) is 14.7 Å². The molecule has 0 amide bonds. The van der Waals surface area contributed by atoms with Crippen molar-refractivity contribution in [3.05, 3.63) is 45.6 Å². The highest BCUT2D eigenvalue weighted by Gasteiger charge is 2.27. The van der Waals surface area contributed by atoms with Gasteiger partial charge in [-0.3, -0.25) is 9.59 Å². The van der Waals surface area contributed by atoms with Crippen LogP contribution in [0.3, 0.4) is 0 Å². The first-order chi connectivity index (χ1) is 11.8. The van der Waals surface area contributed by atoms with Crippen LogP contribution in [0.2, 0.25) is 0 Å². The standard InChI is InChI=1S/C18H18N2O3S2/c1-10-4-6-11(7-5-10)12-8-24-15-13(12)14(21)19-17(20-15)25-9-18(2,3)16(22)23/h4-8H,9H2,1-3H3,(H,22,23)(H,19,20,21). The van der Waals surface area contributed by atoms with Gasteiger partial charge in [0.1, 0.15) is 4.83 Å². The molecule has 25 heavy (non-hydrogen) atoms. The molecule has 3 rings (SSSR count). The van der Waals surface area contributed by atoms with E-state index in [1.54, 1.807) is 13.8 Å². The number of aromatic amines is 1. The molecule has 0 aliphatic carbocycles. The van der Waals surface area contributed by atoms with Gasteiger partial charge in [0.25, 0.3) is 5.56 Å². The zero-order valence-corrected chi connectivity index (χ0v) is 15.8. The molecule has 0 saturated carbocycles. The highest BCUT2D eigenvalue weighted by atomic mass is 32.2. The summed E-state index contributed by atoms with van der Waals surface area (Å²) in [7, 11) is 0. The largest absolute Gasteiger partial charge is 0.481 e. The predicted octanol–water partition coefficient (Wildman–Crippen LogP) is 4.16. The van der Waals surface area contributed by atoms with Crippen molar-refractivity contribution in [2.75, 3.05) is 5.75 Å². The number of carbonyl (C=O) groups is 1. The van der Waals surface area contributed by atoms with Crippen molar-refractivity contribution in [1.29, 1.82) is 0 Å². The van der Waals surface area contributed by atoms with Gasteiger partial charge in [-0.15, -0.1) is 11.3 Å². The fourth-order valence-corrected chi connectivity index (χ4v) is 4.20. The van der Waals surface area contributed by atoms with Crippen LogP contribution in [0.15, 0.2) is 39.6 Å². The minimum Gasteiger partial charge on any atom is -0.481 e. The molecular weight excluding hydrogens is 356 g/mol. The molecule has 2 aromatic heterocycles. The Balaban J connectivity index is 1.95. The molecule has 0 aliphatic rings. The molecule has 0 saturated heterocycles. The maximum atomic E-state index is 12.6. The number of hydrogen-bond donors (Lipinski definition) is 2. The van der Waals surface area contributed by atoms with Gasteiger partial charge in [0, 0.05) is 16.7 Å². The van der Waals surface area contributed by atoms with Gasteiger partial charge in [0.2, 0.25) is 0 Å². The van der Waals surface area contributed by atoms with Gasteiger partial charge in [-0.25, -0.2) is 4.98 Å². The average molecular weight is 374 g/mol. The molecule has 1 aromatic carbocycles. The van der Waals surface area contributed by atoms with Gasteiger partial charge in [-0.2, -0.15) is 0 Å². The number of carboxylic acids is 1. The highest BCUT2D eigenvalue weighted by Crippen LogP contribution is 2.32. The van der Waals surface area contributed by atoms with Crippen molar-refractivity contribution in [2.45, 2.75) is 25.9 Å². The number of rotatable bonds is 5. The Hall–Kier alpha value is -2.12. The first-order valence-corrected chi connectivity index (χ1v) is 9.59. The summed E-state index contributed by atoms with van der Waals surface area (Å²) in [5.41, 5.74) is 1.93. The average Bonchev–Trinajstić information content (AvgIpc) is 2.98. The predicted molar refractivity (Wildman–Crippen MR) is 103 cm³/mol. The van der Waals surface area contributed by atoms with E-state index in [0.29, 0.717) is 21.1 Å². The lowest BCUT2D eigenvalue weighted by Crippen LogP contribution is -2.26. The molecule has 0 fully saturated rings. The number of thiophene rings is 1. The van der Waals surface area contributed by atoms with E-state index in [1.165, 1.54) is 23.1 Å². The molecule has 130 valence electrons. The number of H-pyrrole nitrogens is 1. The quantitative estimate of drug-likeness (QED) is 0.517. The third-order valence-electron chi connectivity index (χ3n) is 3.93.